The molecule has 2 aromatic carbocycles. The van der Waals surface area contributed by atoms with Crippen LogP contribution in [-0.2, 0) is 21.3 Å². The quantitative estimate of drug-likeness (QED) is 0.680. The Balaban J connectivity index is 2.18. The molecule has 0 saturated carbocycles. The van der Waals surface area contributed by atoms with Gasteiger partial charge in [-0.3, -0.25) is 0 Å². The number of hydrogen-bond acceptors (Lipinski definition) is 4. The van der Waals surface area contributed by atoms with Gasteiger partial charge in [-0.2, -0.15) is 8.42 Å². The van der Waals surface area contributed by atoms with E-state index < -0.39 is 10.1 Å². The fourth-order valence-electron chi connectivity index (χ4n) is 1.78. The Labute approximate surface area is 143 Å². The second-order valence-corrected chi connectivity index (χ2v) is 7.34. The Morgan fingerprint density at radius 1 is 1.14 bits per heavy atom. The predicted molar refractivity (Wildman–Crippen MR) is 89.0 cm³/mol. The molecule has 2 rings (SSSR count). The average molecular weight is 406 g/mol. The molecule has 0 fully saturated rings. The van der Waals surface area contributed by atoms with E-state index in [-0.39, 0.29) is 15.7 Å². The summed E-state index contributed by atoms with van der Waals surface area (Å²) in [5, 5.41) is 0.103. The van der Waals surface area contributed by atoms with E-state index in [4.69, 9.17) is 20.5 Å². The van der Waals surface area contributed by atoms with Crippen LogP contribution in [0.1, 0.15) is 5.56 Å². The Hall–Kier alpha value is -1.08. The van der Waals surface area contributed by atoms with Crippen LogP contribution in [0.2, 0.25) is 5.02 Å². The van der Waals surface area contributed by atoms with Gasteiger partial charge in [-0.05, 0) is 42.3 Å². The molecule has 0 N–H and O–H groups in total. The van der Waals surface area contributed by atoms with E-state index in [9.17, 15) is 8.42 Å². The summed E-state index contributed by atoms with van der Waals surface area (Å²) in [5.41, 5.74) is 1.04. The minimum absolute atomic E-state index is 0.0687. The standard InChI is InChI=1S/C15H14BrClO4S/c1-20-9-8-11-2-5-13(6-3-11)21-22(18,19)15-7-4-12(16)10-14(15)17/h2-7,10H,8-9H2,1H3. The summed E-state index contributed by atoms with van der Waals surface area (Å²) in [7, 11) is -2.34. The van der Waals surface area contributed by atoms with Crippen LogP contribution in [0, 0.1) is 0 Å². The third-order valence-electron chi connectivity index (χ3n) is 2.89. The summed E-state index contributed by atoms with van der Waals surface area (Å²) < 4.78 is 35.3. The van der Waals surface area contributed by atoms with E-state index >= 15 is 0 Å². The van der Waals surface area contributed by atoms with Gasteiger partial charge in [-0.25, -0.2) is 0 Å². The fourth-order valence-corrected chi connectivity index (χ4v) is 3.72. The van der Waals surface area contributed by atoms with Crippen molar-refractivity contribution in [2.75, 3.05) is 13.7 Å². The van der Waals surface area contributed by atoms with Crippen molar-refractivity contribution in [3.05, 3.63) is 57.5 Å². The highest BCUT2D eigenvalue weighted by Crippen LogP contribution is 2.27. The van der Waals surface area contributed by atoms with Gasteiger partial charge in [-0.15, -0.1) is 0 Å². The van der Waals surface area contributed by atoms with Crippen molar-refractivity contribution in [3.63, 3.8) is 0 Å². The minimum Gasteiger partial charge on any atom is -0.384 e. The van der Waals surface area contributed by atoms with E-state index in [1.807, 2.05) is 0 Å². The molecular formula is C15H14BrClO4S. The fraction of sp³-hybridized carbons (Fsp3) is 0.200. The SMILES string of the molecule is COCCc1ccc(OS(=O)(=O)c2ccc(Br)cc2Cl)cc1. The monoisotopic (exact) mass is 404 g/mol. The van der Waals surface area contributed by atoms with Gasteiger partial charge < -0.3 is 8.92 Å². The maximum atomic E-state index is 12.2. The summed E-state index contributed by atoms with van der Waals surface area (Å²) >= 11 is 9.19. The number of ether oxygens (including phenoxy) is 1. The van der Waals surface area contributed by atoms with Crippen molar-refractivity contribution in [1.29, 1.82) is 0 Å². The number of halogens is 2. The van der Waals surface area contributed by atoms with Crippen LogP contribution in [0.5, 0.6) is 5.75 Å². The summed E-state index contributed by atoms with van der Waals surface area (Å²) in [6.45, 7) is 0.604. The zero-order chi connectivity index (χ0) is 16.2. The summed E-state index contributed by atoms with van der Waals surface area (Å²) in [5.74, 6) is 0.236. The Bertz CT molecular complexity index is 745. The number of hydrogen-bond donors (Lipinski definition) is 0. The lowest BCUT2D eigenvalue weighted by atomic mass is 10.1. The molecule has 0 aliphatic heterocycles. The van der Waals surface area contributed by atoms with Gasteiger partial charge in [0.2, 0.25) is 0 Å². The first kappa shape index (κ1) is 17.3. The predicted octanol–water partition coefficient (Wildman–Crippen LogP) is 4.06. The highest BCUT2D eigenvalue weighted by Gasteiger charge is 2.20. The zero-order valence-corrected chi connectivity index (χ0v) is 14.9. The summed E-state index contributed by atoms with van der Waals surface area (Å²) in [6, 6.07) is 11.3. The Morgan fingerprint density at radius 2 is 1.82 bits per heavy atom. The van der Waals surface area contributed by atoms with E-state index in [0.29, 0.717) is 11.1 Å². The highest BCUT2D eigenvalue weighted by atomic mass is 79.9. The maximum Gasteiger partial charge on any atom is 0.340 e. The molecule has 0 bridgehead atoms. The van der Waals surface area contributed by atoms with Crippen molar-refractivity contribution >= 4 is 37.6 Å². The van der Waals surface area contributed by atoms with E-state index in [2.05, 4.69) is 15.9 Å². The average Bonchev–Trinajstić information content (AvgIpc) is 2.45. The third kappa shape index (κ3) is 4.46. The van der Waals surface area contributed by atoms with Crippen molar-refractivity contribution in [1.82, 2.24) is 0 Å². The molecule has 7 heteroatoms. The van der Waals surface area contributed by atoms with Crippen LogP contribution in [0.3, 0.4) is 0 Å². The van der Waals surface area contributed by atoms with Crippen LogP contribution >= 0.6 is 27.5 Å². The molecule has 0 saturated heterocycles. The van der Waals surface area contributed by atoms with Crippen LogP contribution in [0.4, 0.5) is 0 Å². The van der Waals surface area contributed by atoms with Gasteiger partial charge in [0.05, 0.1) is 11.6 Å². The van der Waals surface area contributed by atoms with Crippen molar-refractivity contribution < 1.29 is 17.3 Å². The van der Waals surface area contributed by atoms with E-state index in [1.54, 1.807) is 37.4 Å². The zero-order valence-electron chi connectivity index (χ0n) is 11.8. The largest absolute Gasteiger partial charge is 0.384 e. The lowest BCUT2D eigenvalue weighted by Gasteiger charge is -2.09. The molecule has 0 radical (unpaired) electrons. The molecule has 0 aliphatic rings. The van der Waals surface area contributed by atoms with Crippen LogP contribution in [0.25, 0.3) is 0 Å². The molecule has 4 nitrogen and oxygen atoms in total. The molecule has 0 aliphatic carbocycles. The molecule has 0 atom stereocenters. The van der Waals surface area contributed by atoms with Crippen LogP contribution in [0.15, 0.2) is 51.8 Å². The van der Waals surface area contributed by atoms with Gasteiger partial charge in [-0.1, -0.05) is 39.7 Å². The lowest BCUT2D eigenvalue weighted by molar-refractivity contribution is 0.202. The van der Waals surface area contributed by atoms with Gasteiger partial charge in [0.25, 0.3) is 0 Å². The molecular weight excluding hydrogens is 392 g/mol. The first-order valence-corrected chi connectivity index (χ1v) is 8.98. The third-order valence-corrected chi connectivity index (χ3v) is 5.11. The van der Waals surface area contributed by atoms with Crippen molar-refractivity contribution in [2.24, 2.45) is 0 Å². The molecule has 0 aromatic heterocycles. The smallest absolute Gasteiger partial charge is 0.340 e. The van der Waals surface area contributed by atoms with Gasteiger partial charge >= 0.3 is 10.1 Å². The number of benzene rings is 2. The molecule has 22 heavy (non-hydrogen) atoms. The van der Waals surface area contributed by atoms with Crippen LogP contribution < -0.4 is 4.18 Å². The molecule has 0 unspecified atom stereocenters. The van der Waals surface area contributed by atoms with Crippen molar-refractivity contribution in [2.45, 2.75) is 11.3 Å². The first-order chi connectivity index (χ1) is 10.4. The van der Waals surface area contributed by atoms with E-state index in [0.717, 1.165) is 12.0 Å². The van der Waals surface area contributed by atoms with E-state index in [1.165, 1.54) is 12.1 Å². The molecule has 118 valence electrons. The summed E-state index contributed by atoms with van der Waals surface area (Å²) in [6.07, 6.45) is 0.752. The second-order valence-electron chi connectivity index (χ2n) is 4.50. The second kappa shape index (κ2) is 7.46. The normalized spacial score (nSPS) is 11.4. The number of rotatable bonds is 6. The summed E-state index contributed by atoms with van der Waals surface area (Å²) in [4.78, 5) is -0.0687. The molecule has 0 spiro atoms. The minimum atomic E-state index is -3.97. The van der Waals surface area contributed by atoms with Gasteiger partial charge in [0.15, 0.2) is 0 Å². The van der Waals surface area contributed by atoms with Crippen LogP contribution in [-0.4, -0.2) is 22.1 Å². The highest BCUT2D eigenvalue weighted by molar-refractivity contribution is 9.10. The maximum absolute atomic E-state index is 12.2. The van der Waals surface area contributed by atoms with Gasteiger partial charge in [0.1, 0.15) is 10.6 Å². The Morgan fingerprint density at radius 3 is 2.41 bits per heavy atom. The molecule has 2 aromatic rings. The Kier molecular flexibility index (Phi) is 5.86. The molecule has 0 amide bonds. The topological polar surface area (TPSA) is 52.6 Å². The first-order valence-electron chi connectivity index (χ1n) is 6.40. The molecule has 0 heterocycles. The lowest BCUT2D eigenvalue weighted by Crippen LogP contribution is -2.10. The van der Waals surface area contributed by atoms with Crippen molar-refractivity contribution in [3.8, 4) is 5.75 Å². The van der Waals surface area contributed by atoms with Gasteiger partial charge in [0, 0.05) is 11.6 Å². The number of methoxy groups -OCH3 is 1.